The second kappa shape index (κ2) is 5.72. The highest BCUT2D eigenvalue weighted by Gasteiger charge is 2.67. The van der Waals surface area contributed by atoms with Gasteiger partial charge < -0.3 is 24.3 Å². The third-order valence-corrected chi connectivity index (χ3v) is 7.15. The van der Waals surface area contributed by atoms with Crippen LogP contribution in [0.15, 0.2) is 18.5 Å². The number of H-pyrrole nitrogens is 1. The van der Waals surface area contributed by atoms with E-state index in [0.717, 1.165) is 41.3 Å². The van der Waals surface area contributed by atoms with E-state index in [4.69, 9.17) is 9.39 Å². The Morgan fingerprint density at radius 2 is 2.30 bits per heavy atom. The maximum absolute atomic E-state index is 12.0. The standard InChI is InChI=1S/C19H24BN3O4/c1-3-26-17(24)23-8-5-18(6-9-23)11-19(12(18)2)15-13-4-7-21-16(13)22-10-14(15)20(25)27-19/h4,7,10,12,25H,3,5-6,8-9,11H2,1-2H3,(H,21,22). The Hall–Kier alpha value is -2.06. The molecule has 1 amide bonds. The van der Waals surface area contributed by atoms with Gasteiger partial charge in [-0.25, -0.2) is 9.78 Å². The fourth-order valence-corrected chi connectivity index (χ4v) is 5.60. The summed E-state index contributed by atoms with van der Waals surface area (Å²) in [5.41, 5.74) is 2.37. The van der Waals surface area contributed by atoms with Crippen LogP contribution in [0.2, 0.25) is 0 Å². The lowest BCUT2D eigenvalue weighted by molar-refractivity contribution is -0.194. The van der Waals surface area contributed by atoms with E-state index in [0.29, 0.717) is 19.7 Å². The minimum Gasteiger partial charge on any atom is -0.450 e. The highest BCUT2D eigenvalue weighted by molar-refractivity contribution is 6.62. The van der Waals surface area contributed by atoms with Crippen molar-refractivity contribution in [1.29, 1.82) is 0 Å². The maximum Gasteiger partial charge on any atom is 0.493 e. The van der Waals surface area contributed by atoms with Gasteiger partial charge in [0.15, 0.2) is 0 Å². The minimum absolute atomic E-state index is 0.135. The minimum atomic E-state index is -0.925. The van der Waals surface area contributed by atoms with Crippen molar-refractivity contribution in [2.45, 2.75) is 38.7 Å². The molecule has 2 aliphatic heterocycles. The van der Waals surface area contributed by atoms with E-state index in [1.165, 1.54) is 0 Å². The molecule has 7 nitrogen and oxygen atoms in total. The van der Waals surface area contributed by atoms with Gasteiger partial charge >= 0.3 is 13.2 Å². The van der Waals surface area contributed by atoms with Crippen LogP contribution in [-0.4, -0.2) is 52.8 Å². The van der Waals surface area contributed by atoms with Crippen LogP contribution in [0.3, 0.4) is 0 Å². The maximum atomic E-state index is 12.0. The van der Waals surface area contributed by atoms with Crippen LogP contribution >= 0.6 is 0 Å². The first-order valence-electron chi connectivity index (χ1n) is 9.75. The largest absolute Gasteiger partial charge is 0.493 e. The quantitative estimate of drug-likeness (QED) is 0.748. The highest BCUT2D eigenvalue weighted by atomic mass is 16.6. The molecule has 2 spiro atoms. The smallest absolute Gasteiger partial charge is 0.450 e. The number of fused-ring (bicyclic) bond motifs is 4. The van der Waals surface area contributed by atoms with Crippen LogP contribution in [0.5, 0.6) is 0 Å². The zero-order chi connectivity index (χ0) is 18.8. The molecule has 5 rings (SSSR count). The lowest BCUT2D eigenvalue weighted by atomic mass is 9.46. The number of likely N-dealkylation sites (tertiary alicyclic amines) is 1. The van der Waals surface area contributed by atoms with E-state index in [-0.39, 0.29) is 17.4 Å². The summed E-state index contributed by atoms with van der Waals surface area (Å²) in [4.78, 5) is 21.4. The number of aromatic amines is 1. The van der Waals surface area contributed by atoms with E-state index in [2.05, 4.69) is 16.9 Å². The Bertz CT molecular complexity index is 907. The van der Waals surface area contributed by atoms with Crippen molar-refractivity contribution in [1.82, 2.24) is 14.9 Å². The molecule has 2 N–H and O–H groups in total. The van der Waals surface area contributed by atoms with Crippen LogP contribution in [0.4, 0.5) is 4.79 Å². The number of rotatable bonds is 1. The lowest BCUT2D eigenvalue weighted by Crippen LogP contribution is -2.62. The molecule has 0 bridgehead atoms. The molecule has 2 aromatic rings. The van der Waals surface area contributed by atoms with Gasteiger partial charge in [0.2, 0.25) is 0 Å². The monoisotopic (exact) mass is 369 g/mol. The fourth-order valence-electron chi connectivity index (χ4n) is 5.60. The number of hydrogen-bond donors (Lipinski definition) is 2. The van der Waals surface area contributed by atoms with Gasteiger partial charge in [0, 0.05) is 36.3 Å². The molecule has 2 fully saturated rings. The molecule has 0 aromatic carbocycles. The first-order valence-corrected chi connectivity index (χ1v) is 9.75. The average molecular weight is 369 g/mol. The van der Waals surface area contributed by atoms with E-state index < -0.39 is 12.7 Å². The fraction of sp³-hybridized carbons (Fsp3) is 0.579. The summed E-state index contributed by atoms with van der Waals surface area (Å²) in [6.07, 6.45) is 6.14. The summed E-state index contributed by atoms with van der Waals surface area (Å²) < 4.78 is 11.3. The van der Waals surface area contributed by atoms with Crippen molar-refractivity contribution >= 4 is 29.7 Å². The third-order valence-electron chi connectivity index (χ3n) is 7.15. The van der Waals surface area contributed by atoms with E-state index in [1.807, 2.05) is 19.2 Å². The molecular weight excluding hydrogens is 345 g/mol. The predicted molar refractivity (Wildman–Crippen MR) is 101 cm³/mol. The number of hydrogen-bond acceptors (Lipinski definition) is 5. The molecule has 2 atom stereocenters. The Labute approximate surface area is 158 Å². The topological polar surface area (TPSA) is 87.7 Å². The number of ether oxygens (including phenoxy) is 1. The molecule has 1 saturated carbocycles. The van der Waals surface area contributed by atoms with Crippen molar-refractivity contribution in [2.24, 2.45) is 11.3 Å². The van der Waals surface area contributed by atoms with Crippen LogP contribution in [-0.2, 0) is 15.0 Å². The Balaban J connectivity index is 1.43. The molecule has 142 valence electrons. The van der Waals surface area contributed by atoms with Crippen LogP contribution in [0, 0.1) is 11.3 Å². The first-order chi connectivity index (χ1) is 13.0. The predicted octanol–water partition coefficient (Wildman–Crippen LogP) is 1.75. The molecule has 4 heterocycles. The second-order valence-corrected chi connectivity index (χ2v) is 8.13. The van der Waals surface area contributed by atoms with Crippen LogP contribution < -0.4 is 5.46 Å². The van der Waals surface area contributed by atoms with Gasteiger partial charge in [0.25, 0.3) is 0 Å². The van der Waals surface area contributed by atoms with Crippen molar-refractivity contribution in [3.05, 3.63) is 24.0 Å². The summed E-state index contributed by atoms with van der Waals surface area (Å²) in [6, 6.07) is 2.02. The van der Waals surface area contributed by atoms with Crippen molar-refractivity contribution in [3.63, 3.8) is 0 Å². The SMILES string of the molecule is CCOC(=O)N1CCC2(CC1)CC1(OB(O)c3cnc4[nH]ccc4c31)C2C. The molecule has 3 aliphatic rings. The molecule has 0 radical (unpaired) electrons. The summed E-state index contributed by atoms with van der Waals surface area (Å²) in [5, 5.41) is 11.6. The molecule has 27 heavy (non-hydrogen) atoms. The van der Waals surface area contributed by atoms with Gasteiger partial charge in [-0.3, -0.25) is 0 Å². The average Bonchev–Trinajstić information content (AvgIpc) is 3.26. The van der Waals surface area contributed by atoms with Crippen LogP contribution in [0.25, 0.3) is 11.0 Å². The zero-order valence-electron chi connectivity index (χ0n) is 15.7. The molecule has 2 aromatic heterocycles. The molecule has 8 heteroatoms. The highest BCUT2D eigenvalue weighted by Crippen LogP contribution is 2.66. The van der Waals surface area contributed by atoms with Crippen molar-refractivity contribution in [2.75, 3.05) is 19.7 Å². The number of piperidine rings is 1. The zero-order valence-corrected chi connectivity index (χ0v) is 15.7. The number of carbonyl (C=O) groups excluding carboxylic acids is 1. The summed E-state index contributed by atoms with van der Waals surface area (Å²) in [5.74, 6) is 0.255. The van der Waals surface area contributed by atoms with Crippen LogP contribution in [0.1, 0.15) is 38.7 Å². The molecule has 1 aliphatic carbocycles. The second-order valence-electron chi connectivity index (χ2n) is 8.13. The number of carbonyl (C=O) groups is 1. The van der Waals surface area contributed by atoms with Crippen molar-refractivity contribution in [3.8, 4) is 0 Å². The Morgan fingerprint density at radius 3 is 3.00 bits per heavy atom. The molecule has 1 saturated heterocycles. The van der Waals surface area contributed by atoms with Gasteiger partial charge in [-0.15, -0.1) is 0 Å². The van der Waals surface area contributed by atoms with E-state index in [9.17, 15) is 9.82 Å². The number of nitrogens with one attached hydrogen (secondary N) is 1. The van der Waals surface area contributed by atoms with E-state index in [1.54, 1.807) is 11.1 Å². The Kier molecular flexibility index (Phi) is 3.62. The third kappa shape index (κ3) is 2.17. The number of pyridine rings is 1. The van der Waals surface area contributed by atoms with Gasteiger partial charge in [0.1, 0.15) is 5.65 Å². The lowest BCUT2D eigenvalue weighted by Gasteiger charge is -2.63. The number of amides is 1. The number of aromatic nitrogens is 2. The normalized spacial score (nSPS) is 28.6. The van der Waals surface area contributed by atoms with Gasteiger partial charge in [-0.1, -0.05) is 6.92 Å². The first kappa shape index (κ1) is 17.1. The summed E-state index contributed by atoms with van der Waals surface area (Å²) in [6.45, 7) is 5.89. The van der Waals surface area contributed by atoms with Crippen molar-refractivity contribution < 1.29 is 19.2 Å². The van der Waals surface area contributed by atoms with Gasteiger partial charge in [-0.05, 0) is 49.1 Å². The number of nitrogens with zero attached hydrogens (tertiary/aromatic N) is 2. The van der Waals surface area contributed by atoms with E-state index >= 15 is 0 Å². The molecular formula is C19H24BN3O4. The summed E-state index contributed by atoms with van der Waals surface area (Å²) in [7, 11) is -0.925. The molecule has 2 unspecified atom stereocenters. The van der Waals surface area contributed by atoms with Gasteiger partial charge in [-0.2, -0.15) is 0 Å². The summed E-state index contributed by atoms with van der Waals surface area (Å²) >= 11 is 0. The Morgan fingerprint density at radius 1 is 1.52 bits per heavy atom. The van der Waals surface area contributed by atoms with Gasteiger partial charge in [0.05, 0.1) is 12.2 Å².